The van der Waals surface area contributed by atoms with Crippen LogP contribution >= 0.6 is 15.9 Å². The van der Waals surface area contributed by atoms with E-state index in [0.29, 0.717) is 31.7 Å². The van der Waals surface area contributed by atoms with E-state index >= 15 is 0 Å². The highest BCUT2D eigenvalue weighted by Crippen LogP contribution is 2.35. The molecule has 1 fully saturated rings. The molecule has 0 spiro atoms. The molecular weight excluding hydrogens is 413 g/mol. The minimum absolute atomic E-state index is 0.0575. The van der Waals surface area contributed by atoms with Gasteiger partial charge in [0.2, 0.25) is 5.91 Å². The number of amides is 1. The van der Waals surface area contributed by atoms with Crippen LogP contribution in [0.2, 0.25) is 0 Å². The summed E-state index contributed by atoms with van der Waals surface area (Å²) in [6.07, 6.45) is -4.79. The number of anilines is 1. The number of aromatic nitrogens is 1. The highest BCUT2D eigenvalue weighted by atomic mass is 79.9. The van der Waals surface area contributed by atoms with Crippen LogP contribution in [0.5, 0.6) is 0 Å². The molecule has 1 N–H and O–H groups in total. The fourth-order valence-electron chi connectivity index (χ4n) is 2.69. The van der Waals surface area contributed by atoms with E-state index in [-0.39, 0.29) is 16.8 Å². The van der Waals surface area contributed by atoms with Gasteiger partial charge in [0.05, 0.1) is 16.6 Å². The van der Waals surface area contributed by atoms with Crippen LogP contribution in [-0.2, 0) is 11.0 Å². The van der Waals surface area contributed by atoms with E-state index in [1.807, 2.05) is 4.90 Å². The molecule has 0 aliphatic carbocycles. The van der Waals surface area contributed by atoms with Gasteiger partial charge in [-0.15, -0.1) is 0 Å². The lowest BCUT2D eigenvalue weighted by Gasteiger charge is -2.33. The van der Waals surface area contributed by atoms with E-state index in [2.05, 4.69) is 26.2 Å². The first-order valence-electron chi connectivity index (χ1n) is 7.69. The lowest BCUT2D eigenvalue weighted by Crippen LogP contribution is -2.37. The van der Waals surface area contributed by atoms with Crippen molar-refractivity contribution in [1.82, 2.24) is 10.3 Å². The molecule has 1 aliphatic heterocycles. The van der Waals surface area contributed by atoms with Crippen molar-refractivity contribution in [2.24, 2.45) is 5.92 Å². The number of rotatable bonds is 5. The molecule has 0 radical (unpaired) electrons. The Morgan fingerprint density at radius 3 is 2.52 bits per heavy atom. The maximum atomic E-state index is 12.7. The third kappa shape index (κ3) is 5.79. The van der Waals surface area contributed by atoms with Gasteiger partial charge in [0.1, 0.15) is 5.82 Å². The number of hydrogen-bond acceptors (Lipinski definition) is 3. The zero-order chi connectivity index (χ0) is 18.6. The van der Waals surface area contributed by atoms with Crippen molar-refractivity contribution in [3.05, 3.63) is 22.3 Å². The number of halogens is 6. The number of carbonyl (C=O) groups is 1. The van der Waals surface area contributed by atoms with Crippen molar-refractivity contribution in [3.8, 4) is 0 Å². The van der Waals surface area contributed by atoms with E-state index in [1.165, 1.54) is 0 Å². The number of hydrogen-bond donors (Lipinski definition) is 1. The Labute approximate surface area is 149 Å². The van der Waals surface area contributed by atoms with E-state index in [1.54, 1.807) is 0 Å². The molecule has 1 aromatic heterocycles. The normalized spacial score (nSPS) is 16.4. The molecule has 140 valence electrons. The summed E-state index contributed by atoms with van der Waals surface area (Å²) >= 11 is 3.13. The Hall–Kier alpha value is -1.45. The summed E-state index contributed by atoms with van der Waals surface area (Å²) < 4.78 is 62.4. The SMILES string of the molecule is O=C(CC1CCN(c2ncc(C(F)(F)F)cc2Br)CC1)NCC(F)F. The van der Waals surface area contributed by atoms with Crippen molar-refractivity contribution in [1.29, 1.82) is 0 Å². The van der Waals surface area contributed by atoms with Gasteiger partial charge >= 0.3 is 6.18 Å². The van der Waals surface area contributed by atoms with Gasteiger partial charge in [-0.2, -0.15) is 13.2 Å². The highest BCUT2D eigenvalue weighted by molar-refractivity contribution is 9.10. The number of carbonyl (C=O) groups excluding carboxylic acids is 1. The van der Waals surface area contributed by atoms with E-state index < -0.39 is 30.6 Å². The molecule has 2 rings (SSSR count). The van der Waals surface area contributed by atoms with Crippen LogP contribution in [0, 0.1) is 5.92 Å². The Kier molecular flexibility index (Phi) is 6.59. The second-order valence-electron chi connectivity index (χ2n) is 5.86. The molecule has 2 heterocycles. The van der Waals surface area contributed by atoms with Crippen molar-refractivity contribution in [2.45, 2.75) is 31.9 Å². The largest absolute Gasteiger partial charge is 0.417 e. The molecule has 0 saturated carbocycles. The van der Waals surface area contributed by atoms with Crippen LogP contribution in [-0.4, -0.2) is 37.0 Å². The van der Waals surface area contributed by atoms with Gasteiger partial charge in [-0.1, -0.05) is 0 Å². The van der Waals surface area contributed by atoms with Gasteiger partial charge in [-0.3, -0.25) is 4.79 Å². The van der Waals surface area contributed by atoms with Crippen LogP contribution in [0.15, 0.2) is 16.7 Å². The summed E-state index contributed by atoms with van der Waals surface area (Å²) in [4.78, 5) is 17.3. The van der Waals surface area contributed by atoms with Crippen LogP contribution < -0.4 is 10.2 Å². The predicted molar refractivity (Wildman–Crippen MR) is 85.5 cm³/mol. The summed E-state index contributed by atoms with van der Waals surface area (Å²) in [7, 11) is 0. The summed E-state index contributed by atoms with van der Waals surface area (Å²) in [5.74, 6) is 0.0725. The standard InChI is InChI=1S/C15H17BrF5N3O/c16-11-6-10(15(19,20)21)7-23-14(11)24-3-1-9(2-4-24)5-13(25)22-8-12(17)18/h6-7,9,12H,1-5,8H2,(H,22,25). The third-order valence-electron chi connectivity index (χ3n) is 3.99. The topological polar surface area (TPSA) is 45.2 Å². The zero-order valence-corrected chi connectivity index (χ0v) is 14.7. The number of piperidine rings is 1. The van der Waals surface area contributed by atoms with Crippen LogP contribution in [0.3, 0.4) is 0 Å². The van der Waals surface area contributed by atoms with Gasteiger partial charge in [0, 0.05) is 25.7 Å². The van der Waals surface area contributed by atoms with Crippen molar-refractivity contribution >= 4 is 27.7 Å². The Morgan fingerprint density at radius 1 is 1.36 bits per heavy atom. The first-order chi connectivity index (χ1) is 11.7. The number of pyridine rings is 1. The molecule has 1 aliphatic rings. The summed E-state index contributed by atoms with van der Waals surface area (Å²) in [5.41, 5.74) is -0.825. The molecule has 0 atom stereocenters. The minimum Gasteiger partial charge on any atom is -0.356 e. The molecule has 1 aromatic rings. The van der Waals surface area contributed by atoms with Crippen LogP contribution in [0.1, 0.15) is 24.8 Å². The van der Waals surface area contributed by atoms with Gasteiger partial charge in [0.15, 0.2) is 0 Å². The van der Waals surface area contributed by atoms with E-state index in [0.717, 1.165) is 12.3 Å². The second kappa shape index (κ2) is 8.29. The summed E-state index contributed by atoms with van der Waals surface area (Å²) in [5, 5.41) is 2.17. The number of nitrogens with zero attached hydrogens (tertiary/aromatic N) is 2. The maximum Gasteiger partial charge on any atom is 0.417 e. The Balaban J connectivity index is 1.89. The third-order valence-corrected chi connectivity index (χ3v) is 4.57. The molecule has 0 aromatic carbocycles. The fraction of sp³-hybridized carbons (Fsp3) is 0.600. The number of alkyl halides is 5. The average molecular weight is 430 g/mol. The molecule has 10 heteroatoms. The molecule has 0 unspecified atom stereocenters. The minimum atomic E-state index is -4.45. The Bertz CT molecular complexity index is 603. The average Bonchev–Trinajstić information content (AvgIpc) is 2.53. The van der Waals surface area contributed by atoms with Crippen LogP contribution in [0.25, 0.3) is 0 Å². The lowest BCUT2D eigenvalue weighted by atomic mass is 9.93. The highest BCUT2D eigenvalue weighted by Gasteiger charge is 2.32. The fourth-order valence-corrected chi connectivity index (χ4v) is 3.29. The van der Waals surface area contributed by atoms with Gasteiger partial charge in [0.25, 0.3) is 6.43 Å². The van der Waals surface area contributed by atoms with Gasteiger partial charge < -0.3 is 10.2 Å². The van der Waals surface area contributed by atoms with E-state index in [9.17, 15) is 26.7 Å². The second-order valence-corrected chi connectivity index (χ2v) is 6.71. The molecule has 1 saturated heterocycles. The molecule has 25 heavy (non-hydrogen) atoms. The van der Waals surface area contributed by atoms with Gasteiger partial charge in [-0.25, -0.2) is 13.8 Å². The summed E-state index contributed by atoms with van der Waals surface area (Å²) in [6, 6.07) is 0.992. The van der Waals surface area contributed by atoms with Gasteiger partial charge in [-0.05, 0) is 40.8 Å². The quantitative estimate of drug-likeness (QED) is 0.723. The van der Waals surface area contributed by atoms with E-state index in [4.69, 9.17) is 0 Å². The molecular formula is C15H17BrF5N3O. The first-order valence-corrected chi connectivity index (χ1v) is 8.48. The van der Waals surface area contributed by atoms with Crippen molar-refractivity contribution in [3.63, 3.8) is 0 Å². The molecule has 0 bridgehead atoms. The monoisotopic (exact) mass is 429 g/mol. The van der Waals surface area contributed by atoms with Crippen molar-refractivity contribution in [2.75, 3.05) is 24.5 Å². The zero-order valence-electron chi connectivity index (χ0n) is 13.1. The van der Waals surface area contributed by atoms with Crippen molar-refractivity contribution < 1.29 is 26.7 Å². The maximum absolute atomic E-state index is 12.7. The Morgan fingerprint density at radius 2 is 2.00 bits per heavy atom. The first kappa shape index (κ1) is 19.9. The summed E-state index contributed by atoms with van der Waals surface area (Å²) in [6.45, 7) is 0.410. The smallest absolute Gasteiger partial charge is 0.356 e. The molecule has 1 amide bonds. The molecule has 4 nitrogen and oxygen atoms in total. The lowest BCUT2D eigenvalue weighted by molar-refractivity contribution is -0.137. The predicted octanol–water partition coefficient (Wildman–Crippen LogP) is 3.85. The number of nitrogens with one attached hydrogen (secondary N) is 1. The van der Waals surface area contributed by atoms with Crippen LogP contribution in [0.4, 0.5) is 27.8 Å².